The van der Waals surface area contributed by atoms with Crippen molar-refractivity contribution in [1.29, 1.82) is 0 Å². The Morgan fingerprint density at radius 3 is 2.81 bits per heavy atom. The maximum Gasteiger partial charge on any atom is 0.274 e. The number of amides is 1. The van der Waals surface area contributed by atoms with Gasteiger partial charge in [-0.15, -0.1) is 0 Å². The van der Waals surface area contributed by atoms with Crippen molar-refractivity contribution in [2.45, 2.75) is 18.9 Å². The van der Waals surface area contributed by atoms with E-state index in [2.05, 4.69) is 20.5 Å². The summed E-state index contributed by atoms with van der Waals surface area (Å²) in [6.45, 7) is 0. The van der Waals surface area contributed by atoms with E-state index in [9.17, 15) is 4.79 Å². The van der Waals surface area contributed by atoms with Gasteiger partial charge in [0.15, 0.2) is 0 Å². The van der Waals surface area contributed by atoms with Gasteiger partial charge >= 0.3 is 0 Å². The SMILES string of the molecule is COc1cccc(N(C)C(=O)c2cc(Br)cn2C2CC2)c1. The second-order valence-electron chi connectivity index (χ2n) is 5.25. The third-order valence-electron chi connectivity index (χ3n) is 3.72. The molecule has 1 aliphatic rings. The van der Waals surface area contributed by atoms with E-state index in [1.54, 1.807) is 19.1 Å². The first-order valence-corrected chi connectivity index (χ1v) is 7.69. The lowest BCUT2D eigenvalue weighted by atomic mass is 10.2. The van der Waals surface area contributed by atoms with Crippen molar-refractivity contribution < 1.29 is 9.53 Å². The van der Waals surface area contributed by atoms with Gasteiger partial charge in [0.2, 0.25) is 0 Å². The van der Waals surface area contributed by atoms with E-state index in [-0.39, 0.29) is 5.91 Å². The predicted molar refractivity (Wildman–Crippen MR) is 86.1 cm³/mol. The van der Waals surface area contributed by atoms with Crippen LogP contribution in [0.15, 0.2) is 41.0 Å². The van der Waals surface area contributed by atoms with Crippen LogP contribution in [0, 0.1) is 0 Å². The van der Waals surface area contributed by atoms with Gasteiger partial charge in [-0.05, 0) is 47.0 Å². The topological polar surface area (TPSA) is 34.5 Å². The highest BCUT2D eigenvalue weighted by Crippen LogP contribution is 2.38. The molecule has 1 aromatic heterocycles. The largest absolute Gasteiger partial charge is 0.497 e. The molecule has 1 aliphatic carbocycles. The first kappa shape index (κ1) is 14.2. The summed E-state index contributed by atoms with van der Waals surface area (Å²) < 4.78 is 8.23. The molecular formula is C16H17BrN2O2. The van der Waals surface area contributed by atoms with Crippen LogP contribution >= 0.6 is 15.9 Å². The van der Waals surface area contributed by atoms with Gasteiger partial charge in [0.1, 0.15) is 11.4 Å². The lowest BCUT2D eigenvalue weighted by Crippen LogP contribution is -2.28. The fourth-order valence-corrected chi connectivity index (χ4v) is 2.82. The van der Waals surface area contributed by atoms with E-state index in [4.69, 9.17) is 4.74 Å². The smallest absolute Gasteiger partial charge is 0.274 e. The molecule has 0 N–H and O–H groups in total. The van der Waals surface area contributed by atoms with Crippen molar-refractivity contribution in [2.75, 3.05) is 19.1 Å². The molecule has 4 nitrogen and oxygen atoms in total. The zero-order valence-corrected chi connectivity index (χ0v) is 13.6. The number of hydrogen-bond donors (Lipinski definition) is 0. The molecule has 0 bridgehead atoms. The Kier molecular flexibility index (Phi) is 3.76. The Balaban J connectivity index is 1.90. The molecule has 1 heterocycles. The number of nitrogens with zero attached hydrogens (tertiary/aromatic N) is 2. The Bertz CT molecular complexity index is 677. The Labute approximate surface area is 132 Å². The van der Waals surface area contributed by atoms with E-state index in [1.165, 1.54) is 0 Å². The molecule has 0 spiro atoms. The van der Waals surface area contributed by atoms with Crippen LogP contribution < -0.4 is 9.64 Å². The lowest BCUT2D eigenvalue weighted by molar-refractivity contribution is 0.0984. The van der Waals surface area contributed by atoms with Crippen LogP contribution in [0.25, 0.3) is 0 Å². The van der Waals surface area contributed by atoms with Gasteiger partial charge in [-0.3, -0.25) is 4.79 Å². The predicted octanol–water partition coefficient (Wildman–Crippen LogP) is 3.87. The minimum absolute atomic E-state index is 0.0131. The number of carbonyl (C=O) groups excluding carboxylic acids is 1. The van der Waals surface area contributed by atoms with Gasteiger partial charge < -0.3 is 14.2 Å². The second kappa shape index (κ2) is 5.56. The van der Waals surface area contributed by atoms with Crippen LogP contribution in [0.3, 0.4) is 0 Å². The highest BCUT2D eigenvalue weighted by molar-refractivity contribution is 9.10. The van der Waals surface area contributed by atoms with Gasteiger partial charge in [-0.2, -0.15) is 0 Å². The molecule has 1 amide bonds. The summed E-state index contributed by atoms with van der Waals surface area (Å²) in [7, 11) is 3.41. The lowest BCUT2D eigenvalue weighted by Gasteiger charge is -2.19. The number of halogens is 1. The first-order valence-electron chi connectivity index (χ1n) is 6.89. The second-order valence-corrected chi connectivity index (χ2v) is 6.16. The number of methoxy groups -OCH3 is 1. The molecule has 0 saturated heterocycles. The van der Waals surface area contributed by atoms with Crippen molar-refractivity contribution in [3.05, 3.63) is 46.7 Å². The van der Waals surface area contributed by atoms with Crippen molar-refractivity contribution in [1.82, 2.24) is 4.57 Å². The average molecular weight is 349 g/mol. The van der Waals surface area contributed by atoms with Crippen molar-refractivity contribution in [3.63, 3.8) is 0 Å². The van der Waals surface area contributed by atoms with Gasteiger partial charge in [0.05, 0.1) is 7.11 Å². The van der Waals surface area contributed by atoms with E-state index >= 15 is 0 Å². The number of carbonyl (C=O) groups is 1. The molecule has 0 atom stereocenters. The van der Waals surface area contributed by atoms with Crippen LogP contribution in [0.1, 0.15) is 29.4 Å². The number of ether oxygens (including phenoxy) is 1. The molecule has 0 aliphatic heterocycles. The number of aromatic nitrogens is 1. The molecule has 2 aromatic rings. The highest BCUT2D eigenvalue weighted by Gasteiger charge is 2.29. The fraction of sp³-hybridized carbons (Fsp3) is 0.312. The normalized spacial score (nSPS) is 14.0. The van der Waals surface area contributed by atoms with Crippen molar-refractivity contribution in [3.8, 4) is 5.75 Å². The Morgan fingerprint density at radius 1 is 1.38 bits per heavy atom. The van der Waals surface area contributed by atoms with Gasteiger partial charge in [-0.25, -0.2) is 0 Å². The summed E-state index contributed by atoms with van der Waals surface area (Å²) in [6.07, 6.45) is 4.28. The summed E-state index contributed by atoms with van der Waals surface area (Å²) in [5.74, 6) is 0.728. The number of rotatable bonds is 4. The van der Waals surface area contributed by atoms with Gasteiger partial charge in [0.25, 0.3) is 5.91 Å². The fourth-order valence-electron chi connectivity index (χ4n) is 2.38. The summed E-state index contributed by atoms with van der Waals surface area (Å²) >= 11 is 3.46. The molecule has 1 fully saturated rings. The quantitative estimate of drug-likeness (QED) is 0.840. The number of hydrogen-bond acceptors (Lipinski definition) is 2. The zero-order chi connectivity index (χ0) is 15.0. The minimum Gasteiger partial charge on any atom is -0.497 e. The zero-order valence-electron chi connectivity index (χ0n) is 12.0. The van der Waals surface area contributed by atoms with Crippen LogP contribution in [0.5, 0.6) is 5.75 Å². The first-order chi connectivity index (χ1) is 10.1. The average Bonchev–Trinajstić information content (AvgIpc) is 3.28. The van der Waals surface area contributed by atoms with Gasteiger partial charge in [0, 0.05) is 35.5 Å². The molecule has 5 heteroatoms. The molecule has 110 valence electrons. The van der Waals surface area contributed by atoms with Crippen LogP contribution in [0.4, 0.5) is 5.69 Å². The van der Waals surface area contributed by atoms with Crippen LogP contribution in [-0.2, 0) is 0 Å². The standard InChI is InChI=1S/C16H17BrN2O2/c1-18(13-4-3-5-14(9-13)21-2)16(20)15-8-11(17)10-19(15)12-6-7-12/h3-5,8-10,12H,6-7H2,1-2H3. The maximum absolute atomic E-state index is 12.8. The number of benzene rings is 1. The summed E-state index contributed by atoms with van der Waals surface area (Å²) in [5, 5.41) is 0. The third-order valence-corrected chi connectivity index (χ3v) is 4.15. The summed E-state index contributed by atoms with van der Waals surface area (Å²) in [5.41, 5.74) is 1.54. The maximum atomic E-state index is 12.8. The highest BCUT2D eigenvalue weighted by atomic mass is 79.9. The minimum atomic E-state index is -0.0131. The van der Waals surface area contributed by atoms with Crippen molar-refractivity contribution in [2.24, 2.45) is 0 Å². The Hall–Kier alpha value is -1.75. The summed E-state index contributed by atoms with van der Waals surface area (Å²) in [6, 6.07) is 9.86. The molecule has 0 radical (unpaired) electrons. The van der Waals surface area contributed by atoms with Crippen LogP contribution in [-0.4, -0.2) is 24.6 Å². The van der Waals surface area contributed by atoms with Crippen molar-refractivity contribution >= 4 is 27.5 Å². The van der Waals surface area contributed by atoms with Gasteiger partial charge in [-0.1, -0.05) is 6.07 Å². The van der Waals surface area contributed by atoms with Crippen LogP contribution in [0.2, 0.25) is 0 Å². The molecule has 1 aromatic carbocycles. The molecule has 3 rings (SSSR count). The van der Waals surface area contributed by atoms with E-state index in [1.807, 2.05) is 36.5 Å². The molecular weight excluding hydrogens is 332 g/mol. The Morgan fingerprint density at radius 2 is 2.14 bits per heavy atom. The number of anilines is 1. The van der Waals surface area contributed by atoms with E-state index in [0.717, 1.165) is 34.4 Å². The molecule has 1 saturated carbocycles. The molecule has 21 heavy (non-hydrogen) atoms. The third kappa shape index (κ3) is 2.83. The molecule has 0 unspecified atom stereocenters. The monoisotopic (exact) mass is 348 g/mol. The summed E-state index contributed by atoms with van der Waals surface area (Å²) in [4.78, 5) is 14.4. The van der Waals surface area contributed by atoms with E-state index in [0.29, 0.717) is 6.04 Å². The van der Waals surface area contributed by atoms with E-state index < -0.39 is 0 Å².